The van der Waals surface area contributed by atoms with E-state index in [-0.39, 0.29) is 11.3 Å². The van der Waals surface area contributed by atoms with Crippen molar-refractivity contribution in [1.29, 1.82) is 0 Å². The molecule has 2 rings (SSSR count). The second-order valence-electron chi connectivity index (χ2n) is 4.29. The van der Waals surface area contributed by atoms with E-state index in [0.717, 1.165) is 12.1 Å². The molecule has 0 atom stereocenters. The van der Waals surface area contributed by atoms with Crippen LogP contribution in [0.2, 0.25) is 5.02 Å². The molecule has 0 heterocycles. The van der Waals surface area contributed by atoms with Crippen molar-refractivity contribution in [2.45, 2.75) is 0 Å². The Morgan fingerprint density at radius 2 is 1.64 bits per heavy atom. The van der Waals surface area contributed by atoms with Crippen molar-refractivity contribution < 1.29 is 23.1 Å². The molecule has 0 unspecified atom stereocenters. The van der Waals surface area contributed by atoms with Crippen LogP contribution in [0.4, 0.5) is 14.5 Å². The minimum absolute atomic E-state index is 0.0648. The topological polar surface area (TPSA) is 55.4 Å². The summed E-state index contributed by atoms with van der Waals surface area (Å²) in [6.07, 6.45) is 0. The zero-order valence-corrected chi connectivity index (χ0v) is 11.9. The number of hydrogen-bond donors (Lipinski definition) is 1. The summed E-state index contributed by atoms with van der Waals surface area (Å²) in [6.45, 7) is -0.584. The van der Waals surface area contributed by atoms with Crippen molar-refractivity contribution in [2.24, 2.45) is 0 Å². The van der Waals surface area contributed by atoms with Gasteiger partial charge < -0.3 is 10.1 Å². The average molecular weight is 326 g/mol. The summed E-state index contributed by atoms with van der Waals surface area (Å²) in [5.74, 6) is -3.08. The van der Waals surface area contributed by atoms with Crippen LogP contribution in [0, 0.1) is 11.6 Å². The second kappa shape index (κ2) is 7.00. The molecule has 1 N–H and O–H groups in total. The van der Waals surface area contributed by atoms with Gasteiger partial charge in [0.15, 0.2) is 6.61 Å². The fraction of sp³-hybridized carbons (Fsp3) is 0.0667. The van der Waals surface area contributed by atoms with Crippen LogP contribution in [-0.4, -0.2) is 18.5 Å². The molecular weight excluding hydrogens is 316 g/mol. The predicted molar refractivity (Wildman–Crippen MR) is 76.7 cm³/mol. The van der Waals surface area contributed by atoms with Crippen molar-refractivity contribution in [2.75, 3.05) is 11.9 Å². The maximum Gasteiger partial charge on any atom is 0.338 e. The lowest BCUT2D eigenvalue weighted by Crippen LogP contribution is -2.21. The van der Waals surface area contributed by atoms with Gasteiger partial charge in [0.25, 0.3) is 5.91 Å². The number of carbonyl (C=O) groups is 2. The summed E-state index contributed by atoms with van der Waals surface area (Å²) in [5, 5.41) is 2.68. The van der Waals surface area contributed by atoms with E-state index >= 15 is 0 Å². The Bertz CT molecular complexity index is 684. The highest BCUT2D eigenvalue weighted by Crippen LogP contribution is 2.13. The Labute approximate surface area is 129 Å². The number of hydrogen-bond acceptors (Lipinski definition) is 3. The first-order valence-corrected chi connectivity index (χ1v) is 6.50. The van der Waals surface area contributed by atoms with Crippen LogP contribution < -0.4 is 5.32 Å². The number of esters is 1. The van der Waals surface area contributed by atoms with Gasteiger partial charge in [-0.2, -0.15) is 0 Å². The van der Waals surface area contributed by atoms with Crippen molar-refractivity contribution in [3.8, 4) is 0 Å². The van der Waals surface area contributed by atoms with Gasteiger partial charge in [-0.1, -0.05) is 11.6 Å². The Balaban J connectivity index is 1.89. The van der Waals surface area contributed by atoms with Crippen molar-refractivity contribution in [3.63, 3.8) is 0 Å². The smallest absolute Gasteiger partial charge is 0.338 e. The molecule has 7 heteroatoms. The maximum absolute atomic E-state index is 13.0. The van der Waals surface area contributed by atoms with Gasteiger partial charge in [0, 0.05) is 16.8 Å². The SMILES string of the molecule is O=C(COC(=O)c1ccc(Cl)cc1)Nc1cc(F)cc(F)c1. The number of anilines is 1. The number of rotatable bonds is 4. The summed E-state index contributed by atoms with van der Waals surface area (Å²) in [6, 6.07) is 8.48. The number of benzene rings is 2. The summed E-state index contributed by atoms with van der Waals surface area (Å²) in [4.78, 5) is 23.2. The average Bonchev–Trinajstić information content (AvgIpc) is 2.44. The standard InChI is InChI=1S/C15H10ClF2NO3/c16-10-3-1-9(2-4-10)15(21)22-8-14(20)19-13-6-11(17)5-12(18)7-13/h1-7H,8H2,(H,19,20). The Morgan fingerprint density at radius 1 is 1.05 bits per heavy atom. The van der Waals surface area contributed by atoms with Gasteiger partial charge in [-0.05, 0) is 36.4 Å². The van der Waals surface area contributed by atoms with E-state index in [4.69, 9.17) is 16.3 Å². The van der Waals surface area contributed by atoms with Gasteiger partial charge in [0.05, 0.1) is 5.56 Å². The fourth-order valence-electron chi connectivity index (χ4n) is 1.62. The molecule has 4 nitrogen and oxygen atoms in total. The van der Waals surface area contributed by atoms with E-state index in [9.17, 15) is 18.4 Å². The Morgan fingerprint density at radius 3 is 2.23 bits per heavy atom. The third-order valence-electron chi connectivity index (χ3n) is 2.56. The first kappa shape index (κ1) is 15.9. The zero-order valence-electron chi connectivity index (χ0n) is 11.1. The Hall–Kier alpha value is -2.47. The minimum atomic E-state index is -0.826. The molecule has 22 heavy (non-hydrogen) atoms. The van der Waals surface area contributed by atoms with E-state index < -0.39 is 30.1 Å². The van der Waals surface area contributed by atoms with Crippen molar-refractivity contribution >= 4 is 29.2 Å². The lowest BCUT2D eigenvalue weighted by atomic mass is 10.2. The minimum Gasteiger partial charge on any atom is -0.452 e. The normalized spacial score (nSPS) is 10.1. The third-order valence-corrected chi connectivity index (χ3v) is 2.81. The number of nitrogens with one attached hydrogen (secondary N) is 1. The first-order valence-electron chi connectivity index (χ1n) is 6.12. The van der Waals surface area contributed by atoms with Crippen LogP contribution in [0.25, 0.3) is 0 Å². The van der Waals surface area contributed by atoms with Crippen molar-refractivity contribution in [1.82, 2.24) is 0 Å². The fourth-order valence-corrected chi connectivity index (χ4v) is 1.75. The molecular formula is C15H10ClF2NO3. The second-order valence-corrected chi connectivity index (χ2v) is 4.73. The van der Waals surface area contributed by atoms with Gasteiger partial charge in [-0.3, -0.25) is 4.79 Å². The first-order chi connectivity index (χ1) is 10.4. The summed E-state index contributed by atoms with van der Waals surface area (Å²) >= 11 is 5.68. The zero-order chi connectivity index (χ0) is 16.1. The molecule has 0 spiro atoms. The quantitative estimate of drug-likeness (QED) is 0.876. The maximum atomic E-state index is 13.0. The van der Waals surface area contributed by atoms with Gasteiger partial charge >= 0.3 is 5.97 Å². The monoisotopic (exact) mass is 325 g/mol. The summed E-state index contributed by atoms with van der Waals surface area (Å²) in [7, 11) is 0. The molecule has 0 aliphatic rings. The summed E-state index contributed by atoms with van der Waals surface area (Å²) in [5.41, 5.74) is 0.166. The van der Waals surface area contributed by atoms with E-state index in [0.29, 0.717) is 11.1 Å². The van der Waals surface area contributed by atoms with Gasteiger partial charge in [-0.25, -0.2) is 13.6 Å². The third kappa shape index (κ3) is 4.53. The highest BCUT2D eigenvalue weighted by molar-refractivity contribution is 6.30. The van der Waals surface area contributed by atoms with Crippen LogP contribution in [0.3, 0.4) is 0 Å². The van der Waals surface area contributed by atoms with Crippen LogP contribution in [0.15, 0.2) is 42.5 Å². The lowest BCUT2D eigenvalue weighted by Gasteiger charge is -2.07. The molecule has 0 radical (unpaired) electrons. The van der Waals surface area contributed by atoms with E-state index in [2.05, 4.69) is 5.32 Å². The van der Waals surface area contributed by atoms with Crippen LogP contribution in [0.1, 0.15) is 10.4 Å². The number of ether oxygens (including phenoxy) is 1. The summed E-state index contributed by atoms with van der Waals surface area (Å²) < 4.78 is 30.7. The molecule has 0 fully saturated rings. The largest absolute Gasteiger partial charge is 0.452 e. The molecule has 2 aromatic rings. The molecule has 0 saturated heterocycles. The predicted octanol–water partition coefficient (Wildman–Crippen LogP) is 3.41. The van der Waals surface area contributed by atoms with Crippen LogP contribution in [-0.2, 0) is 9.53 Å². The van der Waals surface area contributed by atoms with E-state index in [1.54, 1.807) is 0 Å². The van der Waals surface area contributed by atoms with Crippen molar-refractivity contribution in [3.05, 3.63) is 64.7 Å². The molecule has 0 aliphatic carbocycles. The molecule has 0 saturated carbocycles. The van der Waals surface area contributed by atoms with E-state index in [1.807, 2.05) is 0 Å². The van der Waals surface area contributed by atoms with Crippen LogP contribution in [0.5, 0.6) is 0 Å². The van der Waals surface area contributed by atoms with Crippen LogP contribution >= 0.6 is 11.6 Å². The molecule has 0 aromatic heterocycles. The highest BCUT2D eigenvalue weighted by atomic mass is 35.5. The Kier molecular flexibility index (Phi) is 5.06. The molecule has 0 bridgehead atoms. The number of amides is 1. The van der Waals surface area contributed by atoms with Gasteiger partial charge in [-0.15, -0.1) is 0 Å². The number of halogens is 3. The highest BCUT2D eigenvalue weighted by Gasteiger charge is 2.11. The van der Waals surface area contributed by atoms with Gasteiger partial charge in [0.2, 0.25) is 0 Å². The molecule has 114 valence electrons. The lowest BCUT2D eigenvalue weighted by molar-refractivity contribution is -0.119. The molecule has 2 aromatic carbocycles. The number of carbonyl (C=O) groups excluding carboxylic acids is 2. The molecule has 0 aliphatic heterocycles. The molecule has 1 amide bonds. The van der Waals surface area contributed by atoms with E-state index in [1.165, 1.54) is 24.3 Å². The van der Waals surface area contributed by atoms with Gasteiger partial charge in [0.1, 0.15) is 11.6 Å².